The van der Waals surface area contributed by atoms with Crippen molar-refractivity contribution in [3.63, 3.8) is 0 Å². The van der Waals surface area contributed by atoms with Gasteiger partial charge in [0, 0.05) is 18.2 Å². The zero-order valence-corrected chi connectivity index (χ0v) is 17.8. The molecule has 0 aliphatic carbocycles. The minimum Gasteiger partial charge on any atom is -0.496 e. The fourth-order valence-corrected chi connectivity index (χ4v) is 3.81. The Morgan fingerprint density at radius 3 is 2.60 bits per heavy atom. The number of hydrogen-bond acceptors (Lipinski definition) is 6. The summed E-state index contributed by atoms with van der Waals surface area (Å²) in [6, 6.07) is 8.11. The first-order valence-corrected chi connectivity index (χ1v) is 10.5. The fraction of sp³-hybridized carbons (Fsp3) is 0.417. The van der Waals surface area contributed by atoms with Crippen LogP contribution in [0.4, 0.5) is 0 Å². The third-order valence-electron chi connectivity index (χ3n) is 5.47. The molecule has 1 unspecified atom stereocenters. The van der Waals surface area contributed by atoms with E-state index >= 15 is 0 Å². The van der Waals surface area contributed by atoms with E-state index in [1.54, 1.807) is 14.2 Å². The van der Waals surface area contributed by atoms with Crippen molar-refractivity contribution >= 4 is 6.08 Å². The van der Waals surface area contributed by atoms with Crippen LogP contribution in [0, 0.1) is 0 Å². The summed E-state index contributed by atoms with van der Waals surface area (Å²) in [4.78, 5) is 0. The average molecular weight is 411 g/mol. The molecule has 1 atom stereocenters. The van der Waals surface area contributed by atoms with Gasteiger partial charge in [-0.3, -0.25) is 0 Å². The molecule has 0 fully saturated rings. The van der Waals surface area contributed by atoms with Crippen molar-refractivity contribution in [3.05, 3.63) is 47.0 Å². The molecule has 0 amide bonds. The van der Waals surface area contributed by atoms with E-state index in [1.165, 1.54) is 11.1 Å². The van der Waals surface area contributed by atoms with Crippen LogP contribution < -0.4 is 29.0 Å². The minimum absolute atomic E-state index is 0.0717. The summed E-state index contributed by atoms with van der Waals surface area (Å²) in [5.74, 6) is 3.80. The largest absolute Gasteiger partial charge is 0.496 e. The molecule has 6 heteroatoms. The molecule has 2 aromatic carbocycles. The van der Waals surface area contributed by atoms with Gasteiger partial charge >= 0.3 is 0 Å². The summed E-state index contributed by atoms with van der Waals surface area (Å²) < 4.78 is 28.1. The smallest absolute Gasteiger partial charge is 0.231 e. The number of rotatable bonds is 8. The summed E-state index contributed by atoms with van der Waals surface area (Å²) in [7, 11) is 3.35. The second kappa shape index (κ2) is 9.30. The highest BCUT2D eigenvalue weighted by Gasteiger charge is 2.22. The van der Waals surface area contributed by atoms with Gasteiger partial charge in [0.25, 0.3) is 0 Å². The molecule has 160 valence electrons. The van der Waals surface area contributed by atoms with Crippen LogP contribution in [0.15, 0.2) is 30.3 Å². The molecule has 0 saturated heterocycles. The summed E-state index contributed by atoms with van der Waals surface area (Å²) in [5, 5.41) is 3.58. The number of hydrogen-bond donors (Lipinski definition) is 1. The van der Waals surface area contributed by atoms with Crippen LogP contribution in [0.2, 0.25) is 0 Å². The molecule has 2 aliphatic heterocycles. The molecule has 30 heavy (non-hydrogen) atoms. The Morgan fingerprint density at radius 2 is 1.83 bits per heavy atom. The van der Waals surface area contributed by atoms with Crippen molar-refractivity contribution in [1.82, 2.24) is 5.32 Å². The maximum atomic E-state index is 5.97. The van der Waals surface area contributed by atoms with Gasteiger partial charge in [-0.05, 0) is 42.2 Å². The predicted octanol–water partition coefficient (Wildman–Crippen LogP) is 4.51. The van der Waals surface area contributed by atoms with Gasteiger partial charge in [-0.15, -0.1) is 0 Å². The highest BCUT2D eigenvalue weighted by Crippen LogP contribution is 2.40. The first-order valence-electron chi connectivity index (χ1n) is 10.5. The molecule has 0 saturated carbocycles. The van der Waals surface area contributed by atoms with E-state index in [0.717, 1.165) is 54.4 Å². The lowest BCUT2D eigenvalue weighted by Crippen LogP contribution is -2.28. The molecule has 0 radical (unpaired) electrons. The van der Waals surface area contributed by atoms with Crippen molar-refractivity contribution in [2.75, 3.05) is 34.2 Å². The topological polar surface area (TPSA) is 58.2 Å². The highest BCUT2D eigenvalue weighted by atomic mass is 16.7. The van der Waals surface area contributed by atoms with Crippen molar-refractivity contribution in [2.45, 2.75) is 32.2 Å². The van der Waals surface area contributed by atoms with E-state index in [0.29, 0.717) is 12.4 Å². The summed E-state index contributed by atoms with van der Waals surface area (Å²) in [6.07, 6.45) is 7.31. The van der Waals surface area contributed by atoms with Gasteiger partial charge in [0.1, 0.15) is 5.75 Å². The number of fused-ring (bicyclic) bond motifs is 2. The standard InChI is InChI=1S/C24H29NO5/c1-4-5-10-28-22-11-16-8-9-25-19(18(16)13-21(22)27-3)7-6-17-12-23-24(30-15-29-23)14-20(17)26-2/h6-7,11-14,19,25H,4-5,8-10,15H2,1-3H3/b7-6+. The van der Waals surface area contributed by atoms with Gasteiger partial charge in [-0.25, -0.2) is 0 Å². The van der Waals surface area contributed by atoms with Gasteiger partial charge in [0.05, 0.1) is 26.9 Å². The SMILES string of the molecule is CCCCOc1cc2c(cc1OC)C(/C=C/c1cc3c(cc1OC)OCO3)NCC2. The lowest BCUT2D eigenvalue weighted by Gasteiger charge is -2.26. The Kier molecular flexibility index (Phi) is 6.33. The molecule has 4 rings (SSSR count). The van der Waals surface area contributed by atoms with E-state index in [9.17, 15) is 0 Å². The number of unbranched alkanes of at least 4 members (excludes halogenated alkanes) is 1. The van der Waals surface area contributed by atoms with Gasteiger partial charge in [0.2, 0.25) is 6.79 Å². The van der Waals surface area contributed by atoms with Crippen molar-refractivity contribution < 1.29 is 23.7 Å². The Balaban J connectivity index is 1.60. The van der Waals surface area contributed by atoms with Crippen LogP contribution in [0.1, 0.15) is 42.5 Å². The molecular formula is C24H29NO5. The second-order valence-corrected chi connectivity index (χ2v) is 7.39. The number of methoxy groups -OCH3 is 2. The average Bonchev–Trinajstić information content (AvgIpc) is 3.23. The number of benzene rings is 2. The van der Waals surface area contributed by atoms with Gasteiger partial charge in [0.15, 0.2) is 23.0 Å². The lowest BCUT2D eigenvalue weighted by molar-refractivity contribution is 0.174. The summed E-state index contributed by atoms with van der Waals surface area (Å²) >= 11 is 0. The van der Waals surface area contributed by atoms with Crippen LogP contribution in [-0.4, -0.2) is 34.2 Å². The second-order valence-electron chi connectivity index (χ2n) is 7.39. The van der Waals surface area contributed by atoms with Crippen LogP contribution in [0.5, 0.6) is 28.7 Å². The monoisotopic (exact) mass is 411 g/mol. The molecule has 0 aromatic heterocycles. The molecule has 0 bridgehead atoms. The Morgan fingerprint density at radius 1 is 1.03 bits per heavy atom. The zero-order valence-electron chi connectivity index (χ0n) is 17.8. The third kappa shape index (κ3) is 4.19. The quantitative estimate of drug-likeness (QED) is 0.645. The number of nitrogens with one attached hydrogen (secondary N) is 1. The molecule has 2 heterocycles. The maximum Gasteiger partial charge on any atom is 0.231 e. The number of ether oxygens (including phenoxy) is 5. The van der Waals surface area contributed by atoms with Crippen molar-refractivity contribution in [3.8, 4) is 28.7 Å². The van der Waals surface area contributed by atoms with E-state index in [1.807, 2.05) is 12.1 Å². The van der Waals surface area contributed by atoms with Crippen LogP contribution >= 0.6 is 0 Å². The maximum absolute atomic E-state index is 5.97. The Labute approximate surface area is 177 Å². The van der Waals surface area contributed by atoms with E-state index in [2.05, 4.69) is 36.5 Å². The molecular weight excluding hydrogens is 382 g/mol. The van der Waals surface area contributed by atoms with Gasteiger partial charge in [-0.2, -0.15) is 0 Å². The predicted molar refractivity (Wildman–Crippen MR) is 116 cm³/mol. The molecule has 6 nitrogen and oxygen atoms in total. The van der Waals surface area contributed by atoms with E-state index in [4.69, 9.17) is 23.7 Å². The zero-order chi connectivity index (χ0) is 20.9. The van der Waals surface area contributed by atoms with Crippen LogP contribution in [0.25, 0.3) is 6.08 Å². The highest BCUT2D eigenvalue weighted by molar-refractivity contribution is 5.65. The van der Waals surface area contributed by atoms with Crippen molar-refractivity contribution in [2.24, 2.45) is 0 Å². The van der Waals surface area contributed by atoms with Crippen LogP contribution in [-0.2, 0) is 6.42 Å². The molecule has 1 N–H and O–H groups in total. The van der Waals surface area contributed by atoms with Gasteiger partial charge < -0.3 is 29.0 Å². The fourth-order valence-electron chi connectivity index (χ4n) is 3.81. The van der Waals surface area contributed by atoms with Gasteiger partial charge in [-0.1, -0.05) is 25.5 Å². The summed E-state index contributed by atoms with van der Waals surface area (Å²) in [5.41, 5.74) is 3.44. The third-order valence-corrected chi connectivity index (χ3v) is 5.47. The Hall–Kier alpha value is -2.86. The lowest BCUT2D eigenvalue weighted by atomic mass is 9.93. The summed E-state index contributed by atoms with van der Waals surface area (Å²) in [6.45, 7) is 4.01. The Bertz CT molecular complexity index is 924. The van der Waals surface area contributed by atoms with E-state index < -0.39 is 0 Å². The minimum atomic E-state index is 0.0717. The van der Waals surface area contributed by atoms with Crippen molar-refractivity contribution in [1.29, 1.82) is 0 Å². The molecule has 2 aromatic rings. The normalized spacial score (nSPS) is 17.1. The molecule has 2 aliphatic rings. The first kappa shape index (κ1) is 20.4. The van der Waals surface area contributed by atoms with E-state index in [-0.39, 0.29) is 12.8 Å². The van der Waals surface area contributed by atoms with Crippen LogP contribution in [0.3, 0.4) is 0 Å². The first-order chi connectivity index (χ1) is 14.7. The molecule has 0 spiro atoms.